The van der Waals surface area contributed by atoms with Crippen molar-refractivity contribution in [3.8, 4) is 22.4 Å². The van der Waals surface area contributed by atoms with Gasteiger partial charge in [0.1, 0.15) is 0 Å². The van der Waals surface area contributed by atoms with Crippen LogP contribution in [-0.2, 0) is 9.47 Å². The Bertz CT molecular complexity index is 1530. The van der Waals surface area contributed by atoms with E-state index in [9.17, 15) is 22.8 Å². The van der Waals surface area contributed by atoms with Gasteiger partial charge in [-0.2, -0.15) is 13.2 Å². The topological polar surface area (TPSA) is 81.9 Å². The van der Waals surface area contributed by atoms with Gasteiger partial charge in [0.25, 0.3) is 0 Å². The second-order valence-electron chi connectivity index (χ2n) is 8.81. The van der Waals surface area contributed by atoms with E-state index in [1.165, 1.54) is 14.2 Å². The number of hydrogen-bond donors (Lipinski definition) is 1. The van der Waals surface area contributed by atoms with Crippen LogP contribution in [0.3, 0.4) is 0 Å². The van der Waals surface area contributed by atoms with Crippen molar-refractivity contribution in [3.05, 3.63) is 77.1 Å². The van der Waals surface area contributed by atoms with Crippen LogP contribution < -0.4 is 5.32 Å². The molecular weight excluding hydrogens is 499 g/mol. The van der Waals surface area contributed by atoms with Gasteiger partial charge >= 0.3 is 18.1 Å². The summed E-state index contributed by atoms with van der Waals surface area (Å²) in [4.78, 5) is 28.5. The Morgan fingerprint density at radius 3 is 2.03 bits per heavy atom. The molecule has 2 aromatic carbocycles. The van der Waals surface area contributed by atoms with E-state index in [4.69, 9.17) is 9.47 Å². The molecule has 0 saturated carbocycles. The van der Waals surface area contributed by atoms with Gasteiger partial charge in [-0.1, -0.05) is 18.2 Å². The summed E-state index contributed by atoms with van der Waals surface area (Å²) in [5.41, 5.74) is 6.03. The minimum atomic E-state index is -4.30. The first-order chi connectivity index (χ1) is 18.0. The Labute approximate surface area is 217 Å². The highest BCUT2D eigenvalue weighted by Gasteiger charge is 2.26. The summed E-state index contributed by atoms with van der Waals surface area (Å²) in [5, 5.41) is 2.88. The molecule has 0 bridgehead atoms. The number of methoxy groups -OCH3 is 2. The average molecular weight is 526 g/mol. The third-order valence-electron chi connectivity index (χ3n) is 6.22. The molecule has 0 amide bonds. The molecule has 1 N–H and O–H groups in total. The normalized spacial score (nSPS) is 11.4. The molecule has 0 fully saturated rings. The Morgan fingerprint density at radius 1 is 0.895 bits per heavy atom. The fraction of sp³-hybridized carbons (Fsp3) is 0.250. The van der Waals surface area contributed by atoms with Gasteiger partial charge in [0.15, 0.2) is 5.65 Å². The van der Waals surface area contributed by atoms with Crippen molar-refractivity contribution in [3.63, 3.8) is 0 Å². The van der Waals surface area contributed by atoms with Crippen molar-refractivity contribution in [2.24, 2.45) is 0 Å². The second kappa shape index (κ2) is 10.6. The number of nitrogens with zero attached hydrogens (tertiary/aromatic N) is 2. The fourth-order valence-electron chi connectivity index (χ4n) is 4.27. The van der Waals surface area contributed by atoms with Crippen molar-refractivity contribution in [1.82, 2.24) is 9.38 Å². The van der Waals surface area contributed by atoms with Crippen LogP contribution >= 0.6 is 0 Å². The number of anilines is 1. The van der Waals surface area contributed by atoms with E-state index in [-0.39, 0.29) is 6.54 Å². The predicted molar refractivity (Wildman–Crippen MR) is 137 cm³/mol. The number of esters is 2. The van der Waals surface area contributed by atoms with Gasteiger partial charge in [0, 0.05) is 23.9 Å². The van der Waals surface area contributed by atoms with Crippen LogP contribution in [0.2, 0.25) is 0 Å². The number of alkyl halides is 3. The number of benzene rings is 2. The molecule has 2 heterocycles. The van der Waals surface area contributed by atoms with E-state index in [0.717, 1.165) is 11.1 Å². The number of pyridine rings is 1. The summed E-state index contributed by atoms with van der Waals surface area (Å²) in [6, 6.07) is 12.2. The molecule has 10 heteroatoms. The van der Waals surface area contributed by atoms with Crippen LogP contribution in [0.5, 0.6) is 0 Å². The minimum Gasteiger partial charge on any atom is -0.465 e. The van der Waals surface area contributed by atoms with E-state index in [2.05, 4.69) is 10.3 Å². The Hall–Kier alpha value is -4.34. The molecule has 0 unspecified atom stereocenters. The lowest BCUT2D eigenvalue weighted by Crippen LogP contribution is -2.15. The number of ether oxygens (including phenoxy) is 2. The number of aromatic nitrogens is 2. The fourth-order valence-corrected chi connectivity index (χ4v) is 4.27. The van der Waals surface area contributed by atoms with Gasteiger partial charge < -0.3 is 14.8 Å². The summed E-state index contributed by atoms with van der Waals surface area (Å²) in [5.74, 6) is -0.905. The summed E-state index contributed by atoms with van der Waals surface area (Å²) in [6.45, 7) is 3.25. The highest BCUT2D eigenvalue weighted by Crippen LogP contribution is 2.32. The van der Waals surface area contributed by atoms with Gasteiger partial charge in [-0.05, 0) is 54.8 Å². The average Bonchev–Trinajstić information content (AvgIpc) is 3.31. The first kappa shape index (κ1) is 26.7. The zero-order chi connectivity index (χ0) is 27.6. The van der Waals surface area contributed by atoms with Crippen LogP contribution in [0.25, 0.3) is 28.0 Å². The third kappa shape index (κ3) is 5.49. The smallest absolute Gasteiger partial charge is 0.390 e. The second-order valence-corrected chi connectivity index (χ2v) is 8.81. The number of halogens is 3. The van der Waals surface area contributed by atoms with E-state index < -0.39 is 24.5 Å². The summed E-state index contributed by atoms with van der Waals surface area (Å²) in [6.07, 6.45) is -1.84. The first-order valence-corrected chi connectivity index (χ1v) is 11.7. The lowest BCUT2D eigenvalue weighted by molar-refractivity contribution is -0.131. The predicted octanol–water partition coefficient (Wildman–Crippen LogP) is 6.22. The molecule has 7 nitrogen and oxygen atoms in total. The van der Waals surface area contributed by atoms with E-state index in [0.29, 0.717) is 44.8 Å². The Morgan fingerprint density at radius 2 is 1.47 bits per heavy atom. The lowest BCUT2D eigenvalue weighted by Gasteiger charge is -2.14. The molecule has 0 saturated heterocycles. The molecule has 0 aliphatic rings. The van der Waals surface area contributed by atoms with Crippen LogP contribution in [0.4, 0.5) is 18.9 Å². The largest absolute Gasteiger partial charge is 0.465 e. The molecule has 0 aliphatic heterocycles. The van der Waals surface area contributed by atoms with Gasteiger partial charge in [-0.25, -0.2) is 14.6 Å². The summed E-state index contributed by atoms with van der Waals surface area (Å²) >= 11 is 0. The van der Waals surface area contributed by atoms with Crippen molar-refractivity contribution in [2.45, 2.75) is 26.4 Å². The van der Waals surface area contributed by atoms with E-state index in [1.54, 1.807) is 54.8 Å². The van der Waals surface area contributed by atoms with Crippen LogP contribution in [0.15, 0.2) is 54.9 Å². The maximum absolute atomic E-state index is 12.8. The molecule has 0 atom stereocenters. The van der Waals surface area contributed by atoms with Crippen LogP contribution in [0, 0.1) is 13.8 Å². The minimum absolute atomic E-state index is 0.321. The SMILES string of the molecule is COC(=O)c1ccc(-c2cc(NCCC(F)(F)F)c3ncc(-c4ccc(C(=O)OC)c(C)c4)n3c2)cc1C. The summed E-state index contributed by atoms with van der Waals surface area (Å²) in [7, 11) is 2.62. The van der Waals surface area contributed by atoms with Crippen molar-refractivity contribution in [2.75, 3.05) is 26.1 Å². The van der Waals surface area contributed by atoms with Gasteiger partial charge in [-0.15, -0.1) is 0 Å². The number of imidazole rings is 1. The van der Waals surface area contributed by atoms with Crippen molar-refractivity contribution in [1.29, 1.82) is 0 Å². The number of carbonyl (C=O) groups excluding carboxylic acids is 2. The molecule has 0 spiro atoms. The molecule has 38 heavy (non-hydrogen) atoms. The number of carbonyl (C=O) groups is 2. The zero-order valence-corrected chi connectivity index (χ0v) is 21.3. The van der Waals surface area contributed by atoms with E-state index >= 15 is 0 Å². The number of nitrogens with one attached hydrogen (secondary N) is 1. The zero-order valence-electron chi connectivity index (χ0n) is 21.3. The highest BCUT2D eigenvalue weighted by molar-refractivity contribution is 5.93. The molecule has 0 aliphatic carbocycles. The Kier molecular flexibility index (Phi) is 7.43. The van der Waals surface area contributed by atoms with Gasteiger partial charge in [0.2, 0.25) is 0 Å². The highest BCUT2D eigenvalue weighted by atomic mass is 19.4. The maximum Gasteiger partial charge on any atom is 0.390 e. The van der Waals surface area contributed by atoms with E-state index in [1.807, 2.05) is 18.3 Å². The third-order valence-corrected chi connectivity index (χ3v) is 6.22. The number of fused-ring (bicyclic) bond motifs is 1. The molecule has 4 aromatic rings. The number of hydrogen-bond acceptors (Lipinski definition) is 6. The molecule has 198 valence electrons. The summed E-state index contributed by atoms with van der Waals surface area (Å²) < 4.78 is 50.0. The molecule has 4 rings (SSSR count). The van der Waals surface area contributed by atoms with Crippen LogP contribution in [0.1, 0.15) is 38.3 Å². The molecule has 2 aromatic heterocycles. The van der Waals surface area contributed by atoms with Crippen molar-refractivity contribution >= 4 is 23.3 Å². The number of rotatable bonds is 7. The van der Waals surface area contributed by atoms with Crippen LogP contribution in [-0.4, -0.2) is 48.3 Å². The molecule has 0 radical (unpaired) electrons. The standard InChI is InChI=1S/C28H26F3N3O4/c1-16-11-18(5-7-21(16)26(35)37-3)20-13-23(32-10-9-28(29,30)31)25-33-14-24(34(25)15-20)19-6-8-22(17(2)12-19)27(36)38-4/h5-8,11-15,32H,9-10H2,1-4H3. The quantitative estimate of drug-likeness (QED) is 0.289. The number of aryl methyl sites for hydroxylation is 2. The molecular formula is C28H26F3N3O4. The first-order valence-electron chi connectivity index (χ1n) is 11.7. The Balaban J connectivity index is 1.84. The monoisotopic (exact) mass is 525 g/mol. The lowest BCUT2D eigenvalue weighted by atomic mass is 10.0. The van der Waals surface area contributed by atoms with Crippen molar-refractivity contribution < 1.29 is 32.2 Å². The van der Waals surface area contributed by atoms with Gasteiger partial charge in [0.05, 0.1) is 49.3 Å². The van der Waals surface area contributed by atoms with Gasteiger partial charge in [-0.3, -0.25) is 4.40 Å². The maximum atomic E-state index is 12.8.